The summed E-state index contributed by atoms with van der Waals surface area (Å²) in [5, 5.41) is 0. The van der Waals surface area contributed by atoms with E-state index in [0.29, 0.717) is 18.6 Å². The molecule has 102 valence electrons. The summed E-state index contributed by atoms with van der Waals surface area (Å²) in [5.74, 6) is 0.588. The van der Waals surface area contributed by atoms with E-state index in [9.17, 15) is 4.79 Å². The minimum Gasteiger partial charge on any atom is -0.492 e. The first kappa shape index (κ1) is 13.6. The fourth-order valence-corrected chi connectivity index (χ4v) is 2.17. The molecule has 0 atom stereocenters. The molecule has 0 radical (unpaired) electrons. The average Bonchev–Trinajstić information content (AvgIpc) is 2.60. The highest BCUT2D eigenvalue weighted by Crippen LogP contribution is 2.30. The summed E-state index contributed by atoms with van der Waals surface area (Å²) in [5.41, 5.74) is 2.73. The monoisotopic (exact) mass is 261 g/mol. The molecule has 4 heteroatoms. The lowest BCUT2D eigenvalue weighted by atomic mass is 10.1. The molecule has 1 aromatic carbocycles. The number of fused-ring (bicyclic) bond motifs is 1. The van der Waals surface area contributed by atoms with Crippen LogP contribution in [-0.4, -0.2) is 38.7 Å². The topological polar surface area (TPSA) is 38.8 Å². The van der Waals surface area contributed by atoms with E-state index in [1.807, 2.05) is 32.3 Å². The number of methoxy groups -OCH3 is 1. The molecule has 19 heavy (non-hydrogen) atoms. The van der Waals surface area contributed by atoms with Crippen molar-refractivity contribution in [2.24, 2.45) is 0 Å². The van der Waals surface area contributed by atoms with Crippen molar-refractivity contribution in [2.75, 3.05) is 27.8 Å². The molecule has 0 saturated carbocycles. The molecule has 1 aromatic rings. The van der Waals surface area contributed by atoms with Crippen LogP contribution < -0.4 is 4.74 Å². The molecule has 1 aliphatic rings. The van der Waals surface area contributed by atoms with E-state index >= 15 is 0 Å². The Morgan fingerprint density at radius 1 is 1.42 bits per heavy atom. The lowest BCUT2D eigenvalue weighted by Gasteiger charge is -2.15. The maximum Gasteiger partial charge on any atom is 0.333 e. The van der Waals surface area contributed by atoms with Crippen LogP contribution >= 0.6 is 0 Å². The maximum atomic E-state index is 11.6. The van der Waals surface area contributed by atoms with Gasteiger partial charge in [0, 0.05) is 29.7 Å². The van der Waals surface area contributed by atoms with Gasteiger partial charge in [0.25, 0.3) is 0 Å². The van der Waals surface area contributed by atoms with E-state index in [4.69, 9.17) is 9.47 Å². The summed E-state index contributed by atoms with van der Waals surface area (Å²) in [4.78, 5) is 13.7. The fourth-order valence-electron chi connectivity index (χ4n) is 2.17. The van der Waals surface area contributed by atoms with Gasteiger partial charge in [0.15, 0.2) is 0 Å². The Morgan fingerprint density at radius 3 is 2.89 bits per heavy atom. The lowest BCUT2D eigenvalue weighted by molar-refractivity contribution is -0.136. The summed E-state index contributed by atoms with van der Waals surface area (Å²) >= 11 is 0. The summed E-state index contributed by atoms with van der Waals surface area (Å²) in [6.45, 7) is 1.31. The predicted octanol–water partition coefficient (Wildman–Crippen LogP) is 2.09. The number of nitrogens with zero attached hydrogens (tertiary/aromatic N) is 1. The number of hydrogen-bond acceptors (Lipinski definition) is 4. The Labute approximate surface area is 113 Å². The number of hydrogen-bond donors (Lipinski definition) is 0. The Hall–Kier alpha value is -1.81. The zero-order chi connectivity index (χ0) is 13.8. The third-order valence-corrected chi connectivity index (χ3v) is 3.01. The molecule has 0 unspecified atom stereocenters. The van der Waals surface area contributed by atoms with Gasteiger partial charge < -0.3 is 14.4 Å². The van der Waals surface area contributed by atoms with Crippen LogP contribution in [0.15, 0.2) is 23.8 Å². The summed E-state index contributed by atoms with van der Waals surface area (Å²) in [6, 6.07) is 6.00. The first-order valence-electron chi connectivity index (χ1n) is 6.30. The second-order valence-electron chi connectivity index (χ2n) is 4.83. The number of para-hydroxylation sites is 1. The number of benzene rings is 1. The van der Waals surface area contributed by atoms with E-state index in [0.717, 1.165) is 23.4 Å². The maximum absolute atomic E-state index is 11.6. The molecular weight excluding hydrogens is 242 g/mol. The zero-order valence-electron chi connectivity index (χ0n) is 11.6. The fraction of sp³-hybridized carbons (Fsp3) is 0.400. The lowest BCUT2D eigenvalue weighted by Crippen LogP contribution is -2.12. The van der Waals surface area contributed by atoms with Crippen molar-refractivity contribution in [1.29, 1.82) is 0 Å². The first-order valence-corrected chi connectivity index (χ1v) is 6.30. The summed E-state index contributed by atoms with van der Waals surface area (Å²) < 4.78 is 10.6. The van der Waals surface area contributed by atoms with E-state index in [2.05, 4.69) is 11.0 Å². The van der Waals surface area contributed by atoms with Crippen LogP contribution in [0.4, 0.5) is 0 Å². The third-order valence-electron chi connectivity index (χ3n) is 3.01. The molecule has 0 bridgehead atoms. The van der Waals surface area contributed by atoms with Crippen LogP contribution in [0, 0.1) is 0 Å². The molecule has 1 aliphatic heterocycles. The van der Waals surface area contributed by atoms with Crippen molar-refractivity contribution >= 4 is 12.0 Å². The highest BCUT2D eigenvalue weighted by molar-refractivity contribution is 5.94. The van der Waals surface area contributed by atoms with Gasteiger partial charge in [-0.15, -0.1) is 0 Å². The molecular formula is C15H19NO3. The highest BCUT2D eigenvalue weighted by atomic mass is 16.5. The molecule has 0 aromatic heterocycles. The van der Waals surface area contributed by atoms with Crippen LogP contribution in [-0.2, 0) is 16.1 Å². The van der Waals surface area contributed by atoms with Gasteiger partial charge in [-0.1, -0.05) is 18.2 Å². The van der Waals surface area contributed by atoms with Crippen LogP contribution in [0.25, 0.3) is 6.08 Å². The average molecular weight is 261 g/mol. The number of rotatable bonds is 3. The van der Waals surface area contributed by atoms with Crippen molar-refractivity contribution in [3.05, 3.63) is 34.9 Å². The summed E-state index contributed by atoms with van der Waals surface area (Å²) in [7, 11) is 5.44. The Kier molecular flexibility index (Phi) is 4.22. The van der Waals surface area contributed by atoms with E-state index in [1.54, 1.807) is 0 Å². The molecule has 0 amide bonds. The largest absolute Gasteiger partial charge is 0.492 e. The van der Waals surface area contributed by atoms with Gasteiger partial charge in [-0.25, -0.2) is 4.79 Å². The van der Waals surface area contributed by atoms with Crippen molar-refractivity contribution < 1.29 is 14.3 Å². The van der Waals surface area contributed by atoms with Gasteiger partial charge in [0.1, 0.15) is 5.75 Å². The molecule has 0 aliphatic carbocycles. The Balaban J connectivity index is 2.39. The number of esters is 1. The number of ether oxygens (including phenoxy) is 2. The smallest absolute Gasteiger partial charge is 0.333 e. The third kappa shape index (κ3) is 3.15. The van der Waals surface area contributed by atoms with Gasteiger partial charge >= 0.3 is 5.97 Å². The minimum atomic E-state index is -0.283. The van der Waals surface area contributed by atoms with Gasteiger partial charge in [-0.3, -0.25) is 0 Å². The van der Waals surface area contributed by atoms with E-state index < -0.39 is 0 Å². The van der Waals surface area contributed by atoms with Crippen LogP contribution in [0.3, 0.4) is 0 Å². The van der Waals surface area contributed by atoms with Crippen molar-refractivity contribution in [3.8, 4) is 5.75 Å². The van der Waals surface area contributed by atoms with E-state index in [1.165, 1.54) is 7.11 Å². The van der Waals surface area contributed by atoms with Crippen molar-refractivity contribution in [1.82, 2.24) is 4.90 Å². The van der Waals surface area contributed by atoms with Crippen molar-refractivity contribution in [2.45, 2.75) is 13.0 Å². The standard InChI is InChI=1S/C15H19NO3/c1-16(2)10-13-6-4-5-11-9-12(15(17)18-3)7-8-19-14(11)13/h4-6,9H,7-8,10H2,1-3H3. The van der Waals surface area contributed by atoms with Gasteiger partial charge in [-0.05, 0) is 20.2 Å². The van der Waals surface area contributed by atoms with Crippen LogP contribution in [0.5, 0.6) is 5.75 Å². The predicted molar refractivity (Wildman–Crippen MR) is 73.9 cm³/mol. The first-order chi connectivity index (χ1) is 9.11. The second kappa shape index (κ2) is 5.89. The SMILES string of the molecule is COC(=O)C1=Cc2cccc(CN(C)C)c2OCC1. The van der Waals surface area contributed by atoms with Gasteiger partial charge in [0.2, 0.25) is 0 Å². The number of carbonyl (C=O) groups is 1. The molecule has 0 spiro atoms. The van der Waals surface area contributed by atoms with Crippen LogP contribution in [0.1, 0.15) is 17.5 Å². The zero-order valence-corrected chi connectivity index (χ0v) is 11.6. The van der Waals surface area contributed by atoms with Gasteiger partial charge in [0.05, 0.1) is 13.7 Å². The molecule has 2 rings (SSSR count). The normalized spacial score (nSPS) is 14.2. The van der Waals surface area contributed by atoms with Crippen LogP contribution in [0.2, 0.25) is 0 Å². The minimum absolute atomic E-state index is 0.283. The Morgan fingerprint density at radius 2 is 2.21 bits per heavy atom. The quantitative estimate of drug-likeness (QED) is 0.781. The summed E-state index contributed by atoms with van der Waals surface area (Å²) in [6.07, 6.45) is 2.44. The van der Waals surface area contributed by atoms with Crippen molar-refractivity contribution in [3.63, 3.8) is 0 Å². The molecule has 4 nitrogen and oxygen atoms in total. The highest BCUT2D eigenvalue weighted by Gasteiger charge is 2.17. The second-order valence-corrected chi connectivity index (χ2v) is 4.83. The van der Waals surface area contributed by atoms with E-state index in [-0.39, 0.29) is 5.97 Å². The molecule has 0 fully saturated rings. The molecule has 0 N–H and O–H groups in total. The molecule has 0 saturated heterocycles. The number of carbonyl (C=O) groups excluding carboxylic acids is 1. The molecule has 1 heterocycles. The Bertz CT molecular complexity index is 506. The van der Waals surface area contributed by atoms with Gasteiger partial charge in [-0.2, -0.15) is 0 Å².